The molecule has 1 aromatic carbocycles. The highest BCUT2D eigenvalue weighted by Crippen LogP contribution is 2.33. The highest BCUT2D eigenvalue weighted by Gasteiger charge is 2.20. The molecule has 0 bridgehead atoms. The molecule has 1 heterocycles. The summed E-state index contributed by atoms with van der Waals surface area (Å²) < 4.78 is 10.6. The van der Waals surface area contributed by atoms with Gasteiger partial charge in [0.25, 0.3) is 0 Å². The van der Waals surface area contributed by atoms with Crippen LogP contribution >= 0.6 is 0 Å². The molecular weight excluding hydrogens is 244 g/mol. The Bertz CT molecular complexity index is 453. The molecule has 4 nitrogen and oxygen atoms in total. The van der Waals surface area contributed by atoms with Gasteiger partial charge in [0, 0.05) is 0 Å². The maximum absolute atomic E-state index is 11.1. The summed E-state index contributed by atoms with van der Waals surface area (Å²) in [7, 11) is 0. The Morgan fingerprint density at radius 1 is 1.32 bits per heavy atom. The first-order chi connectivity index (χ1) is 9.08. The number of rotatable bonds is 6. The summed E-state index contributed by atoms with van der Waals surface area (Å²) >= 11 is 0. The molecule has 0 aliphatic carbocycles. The zero-order chi connectivity index (χ0) is 13.8. The van der Waals surface area contributed by atoms with Gasteiger partial charge < -0.3 is 14.6 Å². The van der Waals surface area contributed by atoms with E-state index in [1.54, 1.807) is 0 Å². The number of carbonyl (C=O) groups is 1. The van der Waals surface area contributed by atoms with Crippen molar-refractivity contribution in [2.75, 3.05) is 6.79 Å². The van der Waals surface area contributed by atoms with Crippen molar-refractivity contribution in [1.82, 2.24) is 0 Å². The molecule has 19 heavy (non-hydrogen) atoms. The van der Waals surface area contributed by atoms with Gasteiger partial charge in [-0.05, 0) is 42.9 Å². The minimum absolute atomic E-state index is 0.175. The predicted octanol–water partition coefficient (Wildman–Crippen LogP) is 3.09. The van der Waals surface area contributed by atoms with Gasteiger partial charge in [0.2, 0.25) is 6.79 Å². The average molecular weight is 264 g/mol. The van der Waals surface area contributed by atoms with Crippen molar-refractivity contribution < 1.29 is 19.4 Å². The van der Waals surface area contributed by atoms with Gasteiger partial charge in [-0.3, -0.25) is 4.79 Å². The van der Waals surface area contributed by atoms with Crippen LogP contribution in [0.25, 0.3) is 0 Å². The van der Waals surface area contributed by atoms with E-state index in [4.69, 9.17) is 14.6 Å². The third-order valence-electron chi connectivity index (χ3n) is 3.54. The molecule has 0 saturated heterocycles. The summed E-state index contributed by atoms with van der Waals surface area (Å²) in [6, 6.07) is 5.90. The minimum Gasteiger partial charge on any atom is -0.481 e. The first-order valence-electron chi connectivity index (χ1n) is 6.69. The Hall–Kier alpha value is -1.71. The molecule has 0 fully saturated rings. The smallest absolute Gasteiger partial charge is 0.306 e. The van der Waals surface area contributed by atoms with Crippen molar-refractivity contribution >= 4 is 5.97 Å². The fraction of sp³-hybridized carbons (Fsp3) is 0.533. The van der Waals surface area contributed by atoms with E-state index < -0.39 is 5.97 Å². The molecule has 1 N–H and O–H groups in total. The van der Waals surface area contributed by atoms with Crippen LogP contribution < -0.4 is 9.47 Å². The summed E-state index contributed by atoms with van der Waals surface area (Å²) in [6.07, 6.45) is 2.45. The lowest BCUT2D eigenvalue weighted by atomic mass is 9.90. The molecule has 0 aromatic heterocycles. The van der Waals surface area contributed by atoms with Crippen molar-refractivity contribution in [3.63, 3.8) is 0 Å². The molecular formula is C15H20O4. The molecule has 0 spiro atoms. The topological polar surface area (TPSA) is 55.8 Å². The summed E-state index contributed by atoms with van der Waals surface area (Å²) in [6.45, 7) is 4.20. The number of fused-ring (bicyclic) bond motifs is 1. The number of ether oxygens (including phenoxy) is 2. The average Bonchev–Trinajstić information content (AvgIpc) is 2.80. The second-order valence-corrected chi connectivity index (χ2v) is 5.27. The molecule has 2 rings (SSSR count). The van der Waals surface area contributed by atoms with Crippen LogP contribution in [0.5, 0.6) is 11.5 Å². The number of carboxylic acids is 1. The number of hydrogen-bond donors (Lipinski definition) is 1. The zero-order valence-corrected chi connectivity index (χ0v) is 11.4. The van der Waals surface area contributed by atoms with E-state index in [9.17, 15) is 4.79 Å². The molecule has 1 atom stereocenters. The lowest BCUT2D eigenvalue weighted by Crippen LogP contribution is -2.19. The second kappa shape index (κ2) is 5.95. The van der Waals surface area contributed by atoms with E-state index in [2.05, 4.69) is 0 Å². The Labute approximate surface area is 113 Å². The number of aryl methyl sites for hydroxylation is 1. The van der Waals surface area contributed by atoms with Gasteiger partial charge in [-0.25, -0.2) is 0 Å². The van der Waals surface area contributed by atoms with Gasteiger partial charge in [0.05, 0.1) is 5.92 Å². The van der Waals surface area contributed by atoms with E-state index in [0.29, 0.717) is 6.42 Å². The second-order valence-electron chi connectivity index (χ2n) is 5.27. The van der Waals surface area contributed by atoms with Crippen molar-refractivity contribution in [2.45, 2.75) is 33.1 Å². The largest absolute Gasteiger partial charge is 0.481 e. The van der Waals surface area contributed by atoms with E-state index in [-0.39, 0.29) is 18.6 Å². The van der Waals surface area contributed by atoms with Gasteiger partial charge in [-0.15, -0.1) is 0 Å². The lowest BCUT2D eigenvalue weighted by molar-refractivity contribution is -0.143. The maximum atomic E-state index is 11.1. The SMILES string of the molecule is CC(C)C(CCCc1ccc2c(c1)OCO2)C(=O)O. The van der Waals surface area contributed by atoms with E-state index >= 15 is 0 Å². The zero-order valence-electron chi connectivity index (χ0n) is 11.4. The molecule has 1 aromatic rings. The Balaban J connectivity index is 1.87. The molecule has 0 amide bonds. The van der Waals surface area contributed by atoms with Crippen LogP contribution in [0.2, 0.25) is 0 Å². The summed E-state index contributed by atoms with van der Waals surface area (Å²) in [5.41, 5.74) is 1.16. The molecule has 104 valence electrons. The van der Waals surface area contributed by atoms with E-state index in [1.807, 2.05) is 32.0 Å². The molecule has 1 aliphatic rings. The molecule has 1 aliphatic heterocycles. The fourth-order valence-corrected chi connectivity index (χ4v) is 2.36. The van der Waals surface area contributed by atoms with Crippen molar-refractivity contribution in [1.29, 1.82) is 0 Å². The maximum Gasteiger partial charge on any atom is 0.306 e. The summed E-state index contributed by atoms with van der Waals surface area (Å²) in [4.78, 5) is 11.1. The van der Waals surface area contributed by atoms with E-state index in [1.165, 1.54) is 0 Å². The first-order valence-corrected chi connectivity index (χ1v) is 6.69. The van der Waals surface area contributed by atoms with Gasteiger partial charge in [0.15, 0.2) is 11.5 Å². The van der Waals surface area contributed by atoms with Crippen LogP contribution in [0.15, 0.2) is 18.2 Å². The minimum atomic E-state index is -0.694. The summed E-state index contributed by atoms with van der Waals surface area (Å²) in [5.74, 6) is 0.800. The van der Waals surface area contributed by atoms with Crippen LogP contribution in [0.3, 0.4) is 0 Å². The van der Waals surface area contributed by atoms with Crippen LogP contribution in [-0.4, -0.2) is 17.9 Å². The van der Waals surface area contributed by atoms with Gasteiger partial charge in [0.1, 0.15) is 0 Å². The summed E-state index contributed by atoms with van der Waals surface area (Å²) in [5, 5.41) is 9.13. The molecule has 0 radical (unpaired) electrons. The van der Waals surface area contributed by atoms with Crippen LogP contribution in [0.1, 0.15) is 32.3 Å². The fourth-order valence-electron chi connectivity index (χ4n) is 2.36. The molecule has 0 saturated carbocycles. The monoisotopic (exact) mass is 264 g/mol. The Morgan fingerprint density at radius 2 is 2.05 bits per heavy atom. The van der Waals surface area contributed by atoms with Gasteiger partial charge >= 0.3 is 5.97 Å². The molecule has 1 unspecified atom stereocenters. The van der Waals surface area contributed by atoms with Gasteiger partial charge in [-0.2, -0.15) is 0 Å². The van der Waals surface area contributed by atoms with Crippen molar-refractivity contribution in [3.05, 3.63) is 23.8 Å². The van der Waals surface area contributed by atoms with Crippen molar-refractivity contribution in [3.8, 4) is 11.5 Å². The number of carboxylic acid groups (broad SMARTS) is 1. The molecule has 4 heteroatoms. The Kier molecular flexibility index (Phi) is 4.30. The van der Waals surface area contributed by atoms with E-state index in [0.717, 1.165) is 29.9 Å². The predicted molar refractivity (Wildman–Crippen MR) is 71.5 cm³/mol. The van der Waals surface area contributed by atoms with Gasteiger partial charge in [-0.1, -0.05) is 19.9 Å². The van der Waals surface area contributed by atoms with Crippen LogP contribution in [0, 0.1) is 11.8 Å². The highest BCUT2D eigenvalue weighted by atomic mass is 16.7. The Morgan fingerprint density at radius 3 is 2.74 bits per heavy atom. The third kappa shape index (κ3) is 3.40. The standard InChI is InChI=1S/C15H20O4/c1-10(2)12(15(16)17)5-3-4-11-6-7-13-14(8-11)19-9-18-13/h6-8,10,12H,3-5,9H2,1-2H3,(H,16,17). The number of hydrogen-bond acceptors (Lipinski definition) is 3. The van der Waals surface area contributed by atoms with Crippen molar-refractivity contribution in [2.24, 2.45) is 11.8 Å². The number of benzene rings is 1. The lowest BCUT2D eigenvalue weighted by Gasteiger charge is -2.15. The first kappa shape index (κ1) is 13.7. The highest BCUT2D eigenvalue weighted by molar-refractivity contribution is 5.70. The normalized spacial score (nSPS) is 14.7. The van der Waals surface area contributed by atoms with Crippen LogP contribution in [-0.2, 0) is 11.2 Å². The number of aliphatic carboxylic acids is 1. The van der Waals surface area contributed by atoms with Crippen LogP contribution in [0.4, 0.5) is 0 Å². The quantitative estimate of drug-likeness (QED) is 0.857. The third-order valence-corrected chi connectivity index (χ3v) is 3.54.